The van der Waals surface area contributed by atoms with Gasteiger partial charge in [0.2, 0.25) is 0 Å². The first-order valence-corrected chi connectivity index (χ1v) is 11.9. The Morgan fingerprint density at radius 3 is 2.63 bits per heavy atom. The van der Waals surface area contributed by atoms with E-state index in [1.54, 1.807) is 43.8 Å². The highest BCUT2D eigenvalue weighted by atomic mass is 32.1. The number of para-hydroxylation sites is 1. The zero-order valence-corrected chi connectivity index (χ0v) is 20.6. The molecule has 10 heteroatoms. The van der Waals surface area contributed by atoms with E-state index in [4.69, 9.17) is 15.5 Å². The average Bonchev–Trinajstić information content (AvgIpc) is 3.42. The number of rotatable bonds is 7. The minimum absolute atomic E-state index is 0.119. The molecule has 180 valence electrons. The Kier molecular flexibility index (Phi) is 6.65. The molecular formula is C25H25N5O4S. The number of thiophene rings is 1. The van der Waals surface area contributed by atoms with Crippen LogP contribution in [0.4, 0.5) is 5.00 Å². The van der Waals surface area contributed by atoms with Crippen LogP contribution in [0, 0.1) is 6.92 Å². The number of pyridine rings is 1. The van der Waals surface area contributed by atoms with Gasteiger partial charge < -0.3 is 15.8 Å². The fourth-order valence-corrected chi connectivity index (χ4v) is 4.75. The minimum atomic E-state index is -0.684. The molecule has 4 aromatic rings. The molecule has 0 aliphatic carbocycles. The molecule has 0 unspecified atom stereocenters. The highest BCUT2D eigenvalue weighted by molar-refractivity contribution is 7.18. The van der Waals surface area contributed by atoms with Crippen LogP contribution in [0.3, 0.4) is 0 Å². The molecule has 0 saturated heterocycles. The van der Waals surface area contributed by atoms with E-state index >= 15 is 0 Å². The molecule has 0 spiro atoms. The zero-order valence-electron chi connectivity index (χ0n) is 19.8. The van der Waals surface area contributed by atoms with Gasteiger partial charge in [-0.25, -0.2) is 9.78 Å². The predicted molar refractivity (Wildman–Crippen MR) is 135 cm³/mol. The van der Waals surface area contributed by atoms with E-state index in [1.165, 1.54) is 0 Å². The first kappa shape index (κ1) is 24.1. The number of hydrogen-bond donors (Lipinski definition) is 2. The van der Waals surface area contributed by atoms with Crippen molar-refractivity contribution in [2.75, 3.05) is 5.32 Å². The maximum atomic E-state index is 13.5. The highest BCUT2D eigenvalue weighted by Crippen LogP contribution is 2.35. The molecule has 1 aromatic carbocycles. The van der Waals surface area contributed by atoms with Crippen LogP contribution in [0.15, 0.2) is 42.7 Å². The van der Waals surface area contributed by atoms with Crippen molar-refractivity contribution in [2.45, 2.75) is 40.3 Å². The van der Waals surface area contributed by atoms with E-state index < -0.39 is 17.8 Å². The number of esters is 1. The number of nitrogens with zero attached hydrogens (tertiary/aromatic N) is 3. The van der Waals surface area contributed by atoms with E-state index in [0.717, 1.165) is 16.9 Å². The SMILES string of the molecule is CCn1cc(-c2cc(C(=O)Nc3sc(C(N)=O)c(C)c3C(=O)OC(C)C)c3ccccc3n2)cn1. The molecule has 4 rings (SSSR count). The molecule has 0 saturated carbocycles. The molecule has 3 aromatic heterocycles. The standard InChI is InChI=1S/C25H25N5O4S/c1-5-30-12-15(11-27-30)19-10-17(16-8-6-7-9-18(16)28-19)23(32)29-24-20(25(33)34-13(2)3)14(4)21(35-24)22(26)31/h6-13H,5H2,1-4H3,(H2,26,31)(H,29,32). The monoisotopic (exact) mass is 491 g/mol. The number of carbonyl (C=O) groups excluding carboxylic acids is 3. The Bertz CT molecular complexity index is 1450. The number of carbonyl (C=O) groups is 3. The van der Waals surface area contributed by atoms with Crippen LogP contribution in [0.5, 0.6) is 0 Å². The maximum Gasteiger partial charge on any atom is 0.341 e. The third kappa shape index (κ3) is 4.78. The van der Waals surface area contributed by atoms with Crippen LogP contribution < -0.4 is 11.1 Å². The number of aryl methyl sites for hydroxylation is 1. The smallest absolute Gasteiger partial charge is 0.341 e. The second kappa shape index (κ2) is 9.67. The number of primary amides is 1. The summed E-state index contributed by atoms with van der Waals surface area (Å²) in [6, 6.07) is 8.99. The number of nitrogens with one attached hydrogen (secondary N) is 1. The first-order valence-electron chi connectivity index (χ1n) is 11.1. The first-order chi connectivity index (χ1) is 16.7. The fourth-order valence-electron chi connectivity index (χ4n) is 3.71. The van der Waals surface area contributed by atoms with Gasteiger partial charge in [0, 0.05) is 23.7 Å². The highest BCUT2D eigenvalue weighted by Gasteiger charge is 2.27. The molecular weight excluding hydrogens is 466 g/mol. The molecule has 9 nitrogen and oxygen atoms in total. The van der Waals surface area contributed by atoms with Crippen molar-refractivity contribution in [1.82, 2.24) is 14.8 Å². The lowest BCUT2D eigenvalue weighted by Crippen LogP contribution is -2.17. The van der Waals surface area contributed by atoms with E-state index in [0.29, 0.717) is 34.3 Å². The van der Waals surface area contributed by atoms with Crippen molar-refractivity contribution in [1.29, 1.82) is 0 Å². The number of benzene rings is 1. The van der Waals surface area contributed by atoms with E-state index in [-0.39, 0.29) is 21.5 Å². The Morgan fingerprint density at radius 1 is 1.23 bits per heavy atom. The molecule has 2 amide bonds. The fraction of sp³-hybridized carbons (Fsp3) is 0.240. The minimum Gasteiger partial charge on any atom is -0.459 e. The van der Waals surface area contributed by atoms with Gasteiger partial charge in [-0.2, -0.15) is 5.10 Å². The lowest BCUT2D eigenvalue weighted by molar-refractivity contribution is 0.0379. The van der Waals surface area contributed by atoms with Crippen LogP contribution in [-0.2, 0) is 11.3 Å². The topological polar surface area (TPSA) is 129 Å². The molecule has 0 aliphatic rings. The summed E-state index contributed by atoms with van der Waals surface area (Å²) in [5.74, 6) is -1.77. The third-order valence-corrected chi connectivity index (χ3v) is 6.58. The lowest BCUT2D eigenvalue weighted by Gasteiger charge is -2.12. The van der Waals surface area contributed by atoms with Crippen molar-refractivity contribution in [2.24, 2.45) is 5.73 Å². The summed E-state index contributed by atoms with van der Waals surface area (Å²) in [4.78, 5) is 43.2. The largest absolute Gasteiger partial charge is 0.459 e. The number of amides is 2. The van der Waals surface area contributed by atoms with Gasteiger partial charge in [0.05, 0.1) is 39.5 Å². The molecule has 0 aliphatic heterocycles. The van der Waals surface area contributed by atoms with Gasteiger partial charge >= 0.3 is 5.97 Å². The van der Waals surface area contributed by atoms with E-state index in [1.807, 2.05) is 31.3 Å². The second-order valence-corrected chi connectivity index (χ2v) is 9.21. The van der Waals surface area contributed by atoms with Gasteiger partial charge in [0.15, 0.2) is 0 Å². The summed E-state index contributed by atoms with van der Waals surface area (Å²) in [5.41, 5.74) is 8.36. The summed E-state index contributed by atoms with van der Waals surface area (Å²) in [6.07, 6.45) is 3.18. The van der Waals surface area contributed by atoms with Gasteiger partial charge in [-0.15, -0.1) is 11.3 Å². The van der Waals surface area contributed by atoms with E-state index in [2.05, 4.69) is 10.4 Å². The summed E-state index contributed by atoms with van der Waals surface area (Å²) < 4.78 is 7.12. The summed E-state index contributed by atoms with van der Waals surface area (Å²) >= 11 is 0.949. The van der Waals surface area contributed by atoms with Crippen molar-refractivity contribution in [3.8, 4) is 11.3 Å². The van der Waals surface area contributed by atoms with Crippen LogP contribution >= 0.6 is 11.3 Å². The molecule has 0 atom stereocenters. The zero-order chi connectivity index (χ0) is 25.3. The number of ether oxygens (including phenoxy) is 1. The van der Waals surface area contributed by atoms with Gasteiger partial charge in [-0.1, -0.05) is 18.2 Å². The summed E-state index contributed by atoms with van der Waals surface area (Å²) in [6.45, 7) is 7.73. The summed E-state index contributed by atoms with van der Waals surface area (Å²) in [5, 5.41) is 7.95. The molecule has 0 fully saturated rings. The molecule has 0 radical (unpaired) electrons. The molecule has 3 N–H and O–H groups in total. The van der Waals surface area contributed by atoms with Crippen LogP contribution in [0.25, 0.3) is 22.2 Å². The average molecular weight is 492 g/mol. The quantitative estimate of drug-likeness (QED) is 0.369. The Balaban J connectivity index is 1.79. The number of aromatic nitrogens is 3. The number of fused-ring (bicyclic) bond motifs is 1. The molecule has 0 bridgehead atoms. The normalized spacial score (nSPS) is 11.1. The Labute approximate surface area is 205 Å². The van der Waals surface area contributed by atoms with Gasteiger partial charge in [0.1, 0.15) is 5.00 Å². The van der Waals surface area contributed by atoms with Gasteiger partial charge in [0.25, 0.3) is 11.8 Å². The van der Waals surface area contributed by atoms with Crippen LogP contribution in [0.2, 0.25) is 0 Å². The third-order valence-electron chi connectivity index (χ3n) is 5.36. The summed E-state index contributed by atoms with van der Waals surface area (Å²) in [7, 11) is 0. The number of hydrogen-bond acceptors (Lipinski definition) is 7. The van der Waals surface area contributed by atoms with Crippen molar-refractivity contribution >= 4 is 45.0 Å². The van der Waals surface area contributed by atoms with Crippen molar-refractivity contribution < 1.29 is 19.1 Å². The second-order valence-electron chi connectivity index (χ2n) is 8.19. The molecule has 3 heterocycles. The Hall–Kier alpha value is -4.05. The lowest BCUT2D eigenvalue weighted by atomic mass is 10.0. The number of nitrogens with two attached hydrogens (primary N) is 1. The molecule has 35 heavy (non-hydrogen) atoms. The van der Waals surface area contributed by atoms with Crippen molar-refractivity contribution in [3.05, 3.63) is 64.3 Å². The Morgan fingerprint density at radius 2 is 1.97 bits per heavy atom. The van der Waals surface area contributed by atoms with E-state index in [9.17, 15) is 14.4 Å². The van der Waals surface area contributed by atoms with Crippen LogP contribution in [-0.4, -0.2) is 38.7 Å². The predicted octanol–water partition coefficient (Wildman–Crippen LogP) is 4.40. The van der Waals surface area contributed by atoms with Crippen LogP contribution in [0.1, 0.15) is 56.7 Å². The van der Waals surface area contributed by atoms with Crippen molar-refractivity contribution in [3.63, 3.8) is 0 Å². The van der Waals surface area contributed by atoms with Gasteiger partial charge in [-0.05, 0) is 45.4 Å². The maximum absolute atomic E-state index is 13.5. The number of anilines is 1. The van der Waals surface area contributed by atoms with Gasteiger partial charge in [-0.3, -0.25) is 14.3 Å².